The minimum atomic E-state index is -0.979. The first-order valence-electron chi connectivity index (χ1n) is 8.49. The Morgan fingerprint density at radius 1 is 0.889 bits per heavy atom. The van der Waals surface area contributed by atoms with Crippen LogP contribution < -0.4 is 0 Å². The van der Waals surface area contributed by atoms with E-state index in [0.29, 0.717) is 5.56 Å². The van der Waals surface area contributed by atoms with Gasteiger partial charge in [-0.05, 0) is 56.2 Å². The number of nitrogens with zero attached hydrogens (tertiary/aromatic N) is 1. The average molecular weight is 365 g/mol. The number of Topliss-reactive ketones (excluding diaryl/α,β-unsaturated/α-hetero) is 1. The molecule has 1 aliphatic rings. The summed E-state index contributed by atoms with van der Waals surface area (Å²) in [6.07, 6.45) is -0.979. The largest absolute Gasteiger partial charge is 0.451 e. The van der Waals surface area contributed by atoms with Crippen LogP contribution in [0.1, 0.15) is 59.5 Å². The van der Waals surface area contributed by atoms with Crippen LogP contribution in [-0.2, 0) is 4.74 Å². The van der Waals surface area contributed by atoms with Gasteiger partial charge in [0.05, 0.1) is 16.7 Å². The molecule has 0 unspecified atom stereocenters. The highest BCUT2D eigenvalue weighted by molar-refractivity contribution is 6.21. The molecule has 6 heteroatoms. The van der Waals surface area contributed by atoms with E-state index in [1.54, 1.807) is 12.1 Å². The highest BCUT2D eigenvalue weighted by Gasteiger charge is 2.33. The lowest BCUT2D eigenvalue weighted by Gasteiger charge is -2.13. The quantitative estimate of drug-likeness (QED) is 0.473. The van der Waals surface area contributed by atoms with Crippen LogP contribution in [0, 0.1) is 13.8 Å². The standard InChI is InChI=1S/C21H19NO5/c1-11-5-6-14(9-12(11)2)18(23)13(3)27-21(26)15-7-8-16-17(10-15)20(25)22(4)19(16)24/h5-10,13H,1-4H3/t13-/m1/s1. The fraction of sp³-hybridized carbons (Fsp3) is 0.238. The Bertz CT molecular complexity index is 992. The monoisotopic (exact) mass is 365 g/mol. The molecular weight excluding hydrogens is 346 g/mol. The molecule has 3 rings (SSSR count). The number of carbonyl (C=O) groups excluding carboxylic acids is 4. The molecule has 0 bridgehead atoms. The van der Waals surface area contributed by atoms with E-state index in [1.807, 2.05) is 19.9 Å². The van der Waals surface area contributed by atoms with Crippen LogP contribution in [0.15, 0.2) is 36.4 Å². The normalized spacial score (nSPS) is 14.1. The zero-order valence-corrected chi connectivity index (χ0v) is 15.5. The number of hydrogen-bond acceptors (Lipinski definition) is 5. The van der Waals surface area contributed by atoms with Gasteiger partial charge in [-0.25, -0.2) is 4.79 Å². The molecule has 2 aromatic rings. The molecular formula is C21H19NO5. The SMILES string of the molecule is Cc1ccc(C(=O)[C@@H](C)OC(=O)c2ccc3c(c2)C(=O)N(C)C3=O)cc1C. The van der Waals surface area contributed by atoms with Crippen molar-refractivity contribution in [1.29, 1.82) is 0 Å². The minimum absolute atomic E-state index is 0.116. The molecule has 0 spiro atoms. The highest BCUT2D eigenvalue weighted by atomic mass is 16.5. The summed E-state index contributed by atoms with van der Waals surface area (Å²) >= 11 is 0. The van der Waals surface area contributed by atoms with Gasteiger partial charge in [0.15, 0.2) is 6.10 Å². The molecule has 1 aliphatic heterocycles. The third kappa shape index (κ3) is 3.26. The summed E-state index contributed by atoms with van der Waals surface area (Å²) in [5.41, 5.74) is 3.03. The van der Waals surface area contributed by atoms with Gasteiger partial charge in [-0.2, -0.15) is 0 Å². The third-order valence-corrected chi connectivity index (χ3v) is 4.77. The molecule has 0 aliphatic carbocycles. The van der Waals surface area contributed by atoms with E-state index in [1.165, 1.54) is 32.2 Å². The van der Waals surface area contributed by atoms with Crippen LogP contribution in [-0.4, -0.2) is 41.6 Å². The number of fused-ring (bicyclic) bond motifs is 1. The Labute approximate surface area is 156 Å². The summed E-state index contributed by atoms with van der Waals surface area (Å²) in [6, 6.07) is 9.47. The summed E-state index contributed by atoms with van der Waals surface area (Å²) in [7, 11) is 1.38. The number of rotatable bonds is 4. The average Bonchev–Trinajstić information content (AvgIpc) is 2.87. The molecule has 1 atom stereocenters. The van der Waals surface area contributed by atoms with Crippen molar-refractivity contribution in [2.24, 2.45) is 0 Å². The molecule has 0 saturated heterocycles. The van der Waals surface area contributed by atoms with Crippen molar-refractivity contribution in [3.05, 3.63) is 69.8 Å². The van der Waals surface area contributed by atoms with Crippen molar-refractivity contribution in [1.82, 2.24) is 4.90 Å². The molecule has 138 valence electrons. The summed E-state index contributed by atoms with van der Waals surface area (Å²) in [4.78, 5) is 49.9. The molecule has 2 aromatic carbocycles. The lowest BCUT2D eigenvalue weighted by Crippen LogP contribution is -2.25. The van der Waals surface area contributed by atoms with Gasteiger partial charge in [0.25, 0.3) is 11.8 Å². The fourth-order valence-corrected chi connectivity index (χ4v) is 2.90. The highest BCUT2D eigenvalue weighted by Crippen LogP contribution is 2.23. The van der Waals surface area contributed by atoms with E-state index in [2.05, 4.69) is 0 Å². The molecule has 1 heterocycles. The Hall–Kier alpha value is -3.28. The predicted molar refractivity (Wildman–Crippen MR) is 98.0 cm³/mol. The molecule has 0 saturated carbocycles. The lowest BCUT2D eigenvalue weighted by atomic mass is 10.0. The summed E-state index contributed by atoms with van der Waals surface area (Å²) in [5, 5.41) is 0. The zero-order valence-electron chi connectivity index (χ0n) is 15.5. The second-order valence-corrected chi connectivity index (χ2v) is 6.64. The number of ether oxygens (including phenoxy) is 1. The Kier molecular flexibility index (Phi) is 4.66. The van der Waals surface area contributed by atoms with Crippen LogP contribution in [0.5, 0.6) is 0 Å². The molecule has 0 N–H and O–H groups in total. The van der Waals surface area contributed by atoms with Gasteiger partial charge in [-0.15, -0.1) is 0 Å². The zero-order chi connectivity index (χ0) is 19.9. The van der Waals surface area contributed by atoms with Gasteiger partial charge < -0.3 is 4.74 Å². The maximum atomic E-state index is 12.5. The first-order chi connectivity index (χ1) is 12.7. The van der Waals surface area contributed by atoms with Crippen molar-refractivity contribution in [2.45, 2.75) is 26.9 Å². The van der Waals surface area contributed by atoms with E-state index in [9.17, 15) is 19.2 Å². The molecule has 0 fully saturated rings. The third-order valence-electron chi connectivity index (χ3n) is 4.77. The van der Waals surface area contributed by atoms with Gasteiger partial charge in [0.1, 0.15) is 0 Å². The van der Waals surface area contributed by atoms with Gasteiger partial charge in [0.2, 0.25) is 5.78 Å². The van der Waals surface area contributed by atoms with Crippen LogP contribution in [0.3, 0.4) is 0 Å². The van der Waals surface area contributed by atoms with Crippen molar-refractivity contribution in [2.75, 3.05) is 7.05 Å². The van der Waals surface area contributed by atoms with Gasteiger partial charge >= 0.3 is 5.97 Å². The Morgan fingerprint density at radius 2 is 1.52 bits per heavy atom. The topological polar surface area (TPSA) is 80.8 Å². The van der Waals surface area contributed by atoms with E-state index in [4.69, 9.17) is 4.74 Å². The maximum absolute atomic E-state index is 12.5. The number of benzene rings is 2. The van der Waals surface area contributed by atoms with Crippen molar-refractivity contribution >= 4 is 23.6 Å². The number of aryl methyl sites for hydroxylation is 2. The van der Waals surface area contributed by atoms with Crippen molar-refractivity contribution in [3.8, 4) is 0 Å². The van der Waals surface area contributed by atoms with Crippen molar-refractivity contribution in [3.63, 3.8) is 0 Å². The van der Waals surface area contributed by atoms with Gasteiger partial charge in [-0.1, -0.05) is 12.1 Å². The predicted octanol–water partition coefficient (Wildman–Crippen LogP) is 2.96. The first kappa shape index (κ1) is 18.5. The second kappa shape index (κ2) is 6.79. The number of hydrogen-bond donors (Lipinski definition) is 0. The first-order valence-corrected chi connectivity index (χ1v) is 8.49. The minimum Gasteiger partial charge on any atom is -0.451 e. The van der Waals surface area contributed by atoms with Gasteiger partial charge in [0, 0.05) is 12.6 Å². The Balaban J connectivity index is 1.77. The molecule has 6 nitrogen and oxygen atoms in total. The van der Waals surface area contributed by atoms with E-state index < -0.39 is 23.9 Å². The maximum Gasteiger partial charge on any atom is 0.338 e. The summed E-state index contributed by atoms with van der Waals surface area (Å²) < 4.78 is 5.27. The summed E-state index contributed by atoms with van der Waals surface area (Å²) in [5.74, 6) is -1.91. The Morgan fingerprint density at radius 3 is 2.19 bits per heavy atom. The van der Waals surface area contributed by atoms with Gasteiger partial charge in [-0.3, -0.25) is 19.3 Å². The van der Waals surface area contributed by atoms with Crippen LogP contribution >= 0.6 is 0 Å². The van der Waals surface area contributed by atoms with E-state index >= 15 is 0 Å². The number of imide groups is 1. The summed E-state index contributed by atoms with van der Waals surface area (Å²) in [6.45, 7) is 5.36. The molecule has 0 radical (unpaired) electrons. The van der Waals surface area contributed by atoms with E-state index in [-0.39, 0.29) is 22.5 Å². The van der Waals surface area contributed by atoms with Crippen LogP contribution in [0.25, 0.3) is 0 Å². The number of esters is 1. The lowest BCUT2D eigenvalue weighted by molar-refractivity contribution is 0.0318. The smallest absolute Gasteiger partial charge is 0.338 e. The number of carbonyl (C=O) groups is 4. The second-order valence-electron chi connectivity index (χ2n) is 6.64. The number of amides is 2. The van der Waals surface area contributed by atoms with Crippen molar-refractivity contribution < 1.29 is 23.9 Å². The van der Waals surface area contributed by atoms with Crippen LogP contribution in [0.2, 0.25) is 0 Å². The number of ketones is 1. The fourth-order valence-electron chi connectivity index (χ4n) is 2.90. The van der Waals surface area contributed by atoms with E-state index in [0.717, 1.165) is 16.0 Å². The molecule has 27 heavy (non-hydrogen) atoms. The molecule has 2 amide bonds. The van der Waals surface area contributed by atoms with Crippen LogP contribution in [0.4, 0.5) is 0 Å². The molecule has 0 aromatic heterocycles.